The Morgan fingerprint density at radius 2 is 1.88 bits per heavy atom. The van der Waals surface area contributed by atoms with Crippen molar-refractivity contribution >= 4 is 5.97 Å². The number of carboxylic acid groups (broad SMARTS) is 1. The summed E-state index contributed by atoms with van der Waals surface area (Å²) in [6.45, 7) is 0. The molecular weight excluding hydrogens is 223 g/mol. The Balaban J connectivity index is 2.45. The number of halogens is 1. The molecule has 0 heterocycles. The van der Waals surface area contributed by atoms with Crippen molar-refractivity contribution < 1.29 is 19.4 Å². The van der Waals surface area contributed by atoms with E-state index < -0.39 is 23.0 Å². The van der Waals surface area contributed by atoms with Gasteiger partial charge in [0.05, 0.1) is 5.41 Å². The summed E-state index contributed by atoms with van der Waals surface area (Å²) in [5.41, 5.74) is -0.521. The summed E-state index contributed by atoms with van der Waals surface area (Å²) in [6.07, 6.45) is 3.78. The molecule has 0 spiro atoms. The largest absolute Gasteiger partial charge is 0.505 e. The molecule has 0 radical (unpaired) electrons. The average Bonchev–Trinajstić information content (AvgIpc) is 2.33. The third-order valence-electron chi connectivity index (χ3n) is 3.62. The molecule has 1 aromatic rings. The molecule has 2 rings (SSSR count). The standard InChI is InChI=1S/C13H15FO3/c14-10-8-9(4-5-11(10)15)13(12(16)17)6-2-1-3-7-13/h4-5,8,15H,1-3,6-7H2,(H,16,17). The van der Waals surface area contributed by atoms with E-state index in [9.17, 15) is 14.3 Å². The molecule has 0 atom stereocenters. The predicted molar refractivity (Wildman–Crippen MR) is 60.5 cm³/mol. The zero-order valence-electron chi connectivity index (χ0n) is 9.45. The maximum absolute atomic E-state index is 13.3. The summed E-state index contributed by atoms with van der Waals surface area (Å²) in [5.74, 6) is -2.10. The van der Waals surface area contributed by atoms with Gasteiger partial charge in [-0.15, -0.1) is 0 Å². The van der Waals surface area contributed by atoms with Crippen molar-refractivity contribution in [2.45, 2.75) is 37.5 Å². The molecule has 1 aromatic carbocycles. The lowest BCUT2D eigenvalue weighted by Gasteiger charge is -2.33. The molecule has 2 N–H and O–H groups in total. The van der Waals surface area contributed by atoms with Crippen LogP contribution in [-0.2, 0) is 10.2 Å². The monoisotopic (exact) mass is 238 g/mol. The van der Waals surface area contributed by atoms with E-state index in [1.54, 1.807) is 0 Å². The summed E-state index contributed by atoms with van der Waals surface area (Å²) < 4.78 is 13.3. The van der Waals surface area contributed by atoms with Gasteiger partial charge in [-0.3, -0.25) is 4.79 Å². The molecule has 0 saturated heterocycles. The Kier molecular flexibility index (Phi) is 3.05. The number of aromatic hydroxyl groups is 1. The van der Waals surface area contributed by atoms with Crippen molar-refractivity contribution in [3.8, 4) is 5.75 Å². The van der Waals surface area contributed by atoms with Crippen molar-refractivity contribution in [2.75, 3.05) is 0 Å². The summed E-state index contributed by atoms with van der Waals surface area (Å²) in [5, 5.41) is 18.6. The first-order valence-electron chi connectivity index (χ1n) is 5.79. The first-order chi connectivity index (χ1) is 8.06. The minimum Gasteiger partial charge on any atom is -0.505 e. The van der Waals surface area contributed by atoms with E-state index in [0.29, 0.717) is 18.4 Å². The number of hydrogen-bond donors (Lipinski definition) is 2. The van der Waals surface area contributed by atoms with Crippen LogP contribution < -0.4 is 0 Å². The van der Waals surface area contributed by atoms with Gasteiger partial charge in [-0.25, -0.2) is 4.39 Å². The van der Waals surface area contributed by atoms with Gasteiger partial charge in [-0.2, -0.15) is 0 Å². The third-order valence-corrected chi connectivity index (χ3v) is 3.62. The van der Waals surface area contributed by atoms with Gasteiger partial charge in [-0.05, 0) is 30.5 Å². The van der Waals surface area contributed by atoms with Gasteiger partial charge in [0.25, 0.3) is 0 Å². The Morgan fingerprint density at radius 3 is 2.41 bits per heavy atom. The zero-order valence-corrected chi connectivity index (χ0v) is 9.45. The van der Waals surface area contributed by atoms with Gasteiger partial charge < -0.3 is 10.2 Å². The van der Waals surface area contributed by atoms with Gasteiger partial charge >= 0.3 is 5.97 Å². The average molecular weight is 238 g/mol. The lowest BCUT2D eigenvalue weighted by molar-refractivity contribution is -0.145. The maximum Gasteiger partial charge on any atom is 0.314 e. The van der Waals surface area contributed by atoms with Crippen LogP contribution in [0.2, 0.25) is 0 Å². The molecule has 1 aliphatic carbocycles. The molecule has 0 aromatic heterocycles. The molecule has 3 nitrogen and oxygen atoms in total. The first kappa shape index (κ1) is 11.9. The van der Waals surface area contributed by atoms with Crippen LogP contribution in [0, 0.1) is 5.82 Å². The smallest absolute Gasteiger partial charge is 0.314 e. The highest BCUT2D eigenvalue weighted by Crippen LogP contribution is 2.40. The number of rotatable bonds is 2. The van der Waals surface area contributed by atoms with Crippen LogP contribution in [0.15, 0.2) is 18.2 Å². The van der Waals surface area contributed by atoms with E-state index in [1.807, 2.05) is 0 Å². The van der Waals surface area contributed by atoms with Gasteiger partial charge in [-0.1, -0.05) is 25.3 Å². The van der Waals surface area contributed by atoms with Crippen LogP contribution in [0.5, 0.6) is 5.75 Å². The summed E-state index contributed by atoms with van der Waals surface area (Å²) >= 11 is 0. The SMILES string of the molecule is O=C(O)C1(c2ccc(O)c(F)c2)CCCCC1. The highest BCUT2D eigenvalue weighted by molar-refractivity contribution is 5.81. The predicted octanol–water partition coefficient (Wildman–Crippen LogP) is 2.82. The number of aliphatic carboxylic acids is 1. The van der Waals surface area contributed by atoms with E-state index in [2.05, 4.69) is 0 Å². The molecule has 1 fully saturated rings. The zero-order chi connectivity index (χ0) is 12.5. The van der Waals surface area contributed by atoms with Crippen LogP contribution in [0.1, 0.15) is 37.7 Å². The Labute approximate surface area is 98.9 Å². The molecule has 0 amide bonds. The molecule has 92 valence electrons. The van der Waals surface area contributed by atoms with E-state index in [-0.39, 0.29) is 0 Å². The lowest BCUT2D eigenvalue weighted by atomic mass is 9.69. The fraction of sp³-hybridized carbons (Fsp3) is 0.462. The second kappa shape index (κ2) is 4.35. The summed E-state index contributed by atoms with van der Waals surface area (Å²) in [7, 11) is 0. The Bertz CT molecular complexity index is 436. The highest BCUT2D eigenvalue weighted by Gasteiger charge is 2.41. The fourth-order valence-corrected chi connectivity index (χ4v) is 2.59. The van der Waals surface area contributed by atoms with Crippen LogP contribution in [0.25, 0.3) is 0 Å². The van der Waals surface area contributed by atoms with Crippen molar-refractivity contribution in [3.63, 3.8) is 0 Å². The molecule has 0 unspecified atom stereocenters. The summed E-state index contributed by atoms with van der Waals surface area (Å²) in [6, 6.07) is 3.89. The van der Waals surface area contributed by atoms with Crippen LogP contribution >= 0.6 is 0 Å². The van der Waals surface area contributed by atoms with Crippen LogP contribution in [0.3, 0.4) is 0 Å². The Morgan fingerprint density at radius 1 is 1.24 bits per heavy atom. The molecule has 17 heavy (non-hydrogen) atoms. The number of carboxylic acids is 1. The molecule has 4 heteroatoms. The van der Waals surface area contributed by atoms with E-state index in [1.165, 1.54) is 12.1 Å². The van der Waals surface area contributed by atoms with E-state index in [4.69, 9.17) is 5.11 Å². The second-order valence-electron chi connectivity index (χ2n) is 4.61. The molecule has 0 aliphatic heterocycles. The van der Waals surface area contributed by atoms with Gasteiger partial charge in [0.15, 0.2) is 11.6 Å². The Hall–Kier alpha value is -1.58. The normalized spacial score (nSPS) is 18.9. The van der Waals surface area contributed by atoms with Gasteiger partial charge in [0.1, 0.15) is 0 Å². The number of phenols is 1. The number of carbonyl (C=O) groups is 1. The topological polar surface area (TPSA) is 57.5 Å². The first-order valence-corrected chi connectivity index (χ1v) is 5.79. The highest BCUT2D eigenvalue weighted by atomic mass is 19.1. The van der Waals surface area contributed by atoms with Gasteiger partial charge in [0.2, 0.25) is 0 Å². The molecular formula is C13H15FO3. The van der Waals surface area contributed by atoms with Crippen molar-refractivity contribution in [1.82, 2.24) is 0 Å². The molecule has 1 saturated carbocycles. The second-order valence-corrected chi connectivity index (χ2v) is 4.61. The lowest BCUT2D eigenvalue weighted by Crippen LogP contribution is -2.37. The minimum absolute atomic E-state index is 0.440. The van der Waals surface area contributed by atoms with Crippen molar-refractivity contribution in [2.24, 2.45) is 0 Å². The number of benzene rings is 1. The third kappa shape index (κ3) is 1.99. The quantitative estimate of drug-likeness (QED) is 0.832. The number of phenolic OH excluding ortho intramolecular Hbond substituents is 1. The van der Waals surface area contributed by atoms with Crippen LogP contribution in [-0.4, -0.2) is 16.2 Å². The van der Waals surface area contributed by atoms with Crippen LogP contribution in [0.4, 0.5) is 4.39 Å². The number of hydrogen-bond acceptors (Lipinski definition) is 2. The minimum atomic E-state index is -0.979. The van der Waals surface area contributed by atoms with Gasteiger partial charge in [0, 0.05) is 0 Å². The molecule has 0 bridgehead atoms. The maximum atomic E-state index is 13.3. The fourth-order valence-electron chi connectivity index (χ4n) is 2.59. The van der Waals surface area contributed by atoms with E-state index >= 15 is 0 Å². The summed E-state index contributed by atoms with van der Waals surface area (Å²) in [4.78, 5) is 11.5. The van der Waals surface area contributed by atoms with E-state index in [0.717, 1.165) is 25.3 Å². The van der Waals surface area contributed by atoms with Crippen molar-refractivity contribution in [3.05, 3.63) is 29.6 Å². The molecule has 1 aliphatic rings. The van der Waals surface area contributed by atoms with Crippen molar-refractivity contribution in [1.29, 1.82) is 0 Å².